The summed E-state index contributed by atoms with van der Waals surface area (Å²) in [4.78, 5) is 36.6. The number of hydrogen-bond donors (Lipinski definition) is 1. The van der Waals surface area contributed by atoms with Crippen molar-refractivity contribution in [1.82, 2.24) is 9.88 Å². The minimum atomic E-state index is -0.366. The number of carbonyl (C=O) groups is 3. The molecule has 2 aromatic rings. The summed E-state index contributed by atoms with van der Waals surface area (Å²) >= 11 is 0. The Morgan fingerprint density at radius 3 is 2.54 bits per heavy atom. The standard InChI is InChI=1S/C18H19N3O3/c22-13-6-4-12(5-7-13)20-10-8-14-15(20)2-1-3-16(14)21-11-9-17(23)19-18(21)24/h1-3,8,10,12H,4-7,9,11H2,(H,19,23,24). The Morgan fingerprint density at radius 1 is 1.00 bits per heavy atom. The number of benzene rings is 1. The molecule has 1 aromatic carbocycles. The van der Waals surface area contributed by atoms with E-state index in [1.54, 1.807) is 4.90 Å². The number of ketones is 1. The number of rotatable bonds is 2. The number of amides is 3. The highest BCUT2D eigenvalue weighted by molar-refractivity contribution is 6.09. The van der Waals surface area contributed by atoms with E-state index in [4.69, 9.17) is 0 Å². The summed E-state index contributed by atoms with van der Waals surface area (Å²) < 4.78 is 2.22. The predicted molar refractivity (Wildman–Crippen MR) is 90.0 cm³/mol. The Morgan fingerprint density at radius 2 is 1.79 bits per heavy atom. The Balaban J connectivity index is 1.70. The molecule has 1 aliphatic heterocycles. The van der Waals surface area contributed by atoms with Crippen LogP contribution < -0.4 is 10.2 Å². The predicted octanol–water partition coefficient (Wildman–Crippen LogP) is 2.77. The van der Waals surface area contributed by atoms with E-state index in [1.165, 1.54) is 0 Å². The lowest BCUT2D eigenvalue weighted by molar-refractivity contribution is -0.121. The monoisotopic (exact) mass is 325 g/mol. The van der Waals surface area contributed by atoms with Crippen molar-refractivity contribution in [2.75, 3.05) is 11.4 Å². The Bertz CT molecular complexity index is 829. The maximum atomic E-state index is 12.1. The molecular weight excluding hydrogens is 306 g/mol. The summed E-state index contributed by atoms with van der Waals surface area (Å²) in [6.45, 7) is 0.396. The molecule has 0 unspecified atom stereocenters. The first-order valence-corrected chi connectivity index (χ1v) is 8.36. The summed E-state index contributed by atoms with van der Waals surface area (Å²) in [5.74, 6) is 0.117. The quantitative estimate of drug-likeness (QED) is 0.923. The minimum Gasteiger partial charge on any atom is -0.344 e. The molecule has 0 spiro atoms. The highest BCUT2D eigenvalue weighted by Crippen LogP contribution is 2.34. The molecule has 6 heteroatoms. The van der Waals surface area contributed by atoms with Gasteiger partial charge in [-0.2, -0.15) is 0 Å². The summed E-state index contributed by atoms with van der Waals surface area (Å²) in [5, 5.41) is 3.37. The van der Waals surface area contributed by atoms with E-state index >= 15 is 0 Å². The molecule has 3 amide bonds. The molecule has 124 valence electrons. The van der Waals surface area contributed by atoms with Gasteiger partial charge in [0.05, 0.1) is 11.2 Å². The third kappa shape index (κ3) is 2.48. The summed E-state index contributed by atoms with van der Waals surface area (Å²) in [6.07, 6.45) is 5.37. The van der Waals surface area contributed by atoms with Gasteiger partial charge in [0.25, 0.3) is 0 Å². The number of anilines is 1. The lowest BCUT2D eigenvalue weighted by Gasteiger charge is -2.27. The largest absolute Gasteiger partial charge is 0.344 e. The van der Waals surface area contributed by atoms with Gasteiger partial charge >= 0.3 is 6.03 Å². The molecule has 4 rings (SSSR count). The van der Waals surface area contributed by atoms with Gasteiger partial charge in [0.1, 0.15) is 5.78 Å². The van der Waals surface area contributed by atoms with Crippen LogP contribution in [0, 0.1) is 0 Å². The van der Waals surface area contributed by atoms with Crippen molar-refractivity contribution in [3.8, 4) is 0 Å². The Hall–Kier alpha value is -2.63. The van der Waals surface area contributed by atoms with Crippen LogP contribution in [-0.2, 0) is 9.59 Å². The Kier molecular flexibility index (Phi) is 3.59. The second-order valence-electron chi connectivity index (χ2n) is 6.46. The van der Waals surface area contributed by atoms with E-state index in [1.807, 2.05) is 30.5 Å². The van der Waals surface area contributed by atoms with Crippen molar-refractivity contribution in [1.29, 1.82) is 0 Å². The van der Waals surface area contributed by atoms with Crippen LogP contribution in [0.1, 0.15) is 38.1 Å². The van der Waals surface area contributed by atoms with Crippen LogP contribution in [0.2, 0.25) is 0 Å². The van der Waals surface area contributed by atoms with Crippen molar-refractivity contribution < 1.29 is 14.4 Å². The van der Waals surface area contributed by atoms with E-state index in [0.717, 1.165) is 29.4 Å². The topological polar surface area (TPSA) is 71.4 Å². The van der Waals surface area contributed by atoms with Crippen LogP contribution in [0.3, 0.4) is 0 Å². The van der Waals surface area contributed by atoms with Crippen LogP contribution >= 0.6 is 0 Å². The fourth-order valence-electron chi connectivity index (χ4n) is 3.72. The first-order valence-electron chi connectivity index (χ1n) is 8.36. The molecule has 1 aromatic heterocycles. The van der Waals surface area contributed by atoms with E-state index in [-0.39, 0.29) is 11.9 Å². The second-order valence-corrected chi connectivity index (χ2v) is 6.46. The molecule has 24 heavy (non-hydrogen) atoms. The number of fused-ring (bicyclic) bond motifs is 1. The van der Waals surface area contributed by atoms with Gasteiger partial charge in [-0.25, -0.2) is 4.79 Å². The van der Waals surface area contributed by atoms with Gasteiger partial charge < -0.3 is 4.57 Å². The molecule has 6 nitrogen and oxygen atoms in total. The van der Waals surface area contributed by atoms with Gasteiger partial charge in [-0.15, -0.1) is 0 Å². The van der Waals surface area contributed by atoms with E-state index in [2.05, 4.69) is 9.88 Å². The maximum absolute atomic E-state index is 12.1. The fourth-order valence-corrected chi connectivity index (χ4v) is 3.72. The van der Waals surface area contributed by atoms with Crippen molar-refractivity contribution in [3.05, 3.63) is 30.5 Å². The van der Waals surface area contributed by atoms with E-state index in [9.17, 15) is 14.4 Å². The number of nitrogens with one attached hydrogen (secondary N) is 1. The number of hydrogen-bond acceptors (Lipinski definition) is 3. The van der Waals surface area contributed by atoms with Crippen molar-refractivity contribution >= 4 is 34.3 Å². The number of Topliss-reactive ketones (excluding diaryl/α,β-unsaturated/α-hetero) is 1. The average molecular weight is 325 g/mol. The molecule has 1 saturated heterocycles. The molecular formula is C18H19N3O3. The molecule has 2 fully saturated rings. The average Bonchev–Trinajstić information content (AvgIpc) is 3.00. The van der Waals surface area contributed by atoms with Crippen molar-refractivity contribution in [2.24, 2.45) is 0 Å². The first-order chi connectivity index (χ1) is 11.6. The van der Waals surface area contributed by atoms with Crippen molar-refractivity contribution in [3.63, 3.8) is 0 Å². The van der Waals surface area contributed by atoms with E-state index < -0.39 is 0 Å². The van der Waals surface area contributed by atoms with E-state index in [0.29, 0.717) is 37.6 Å². The number of urea groups is 1. The van der Waals surface area contributed by atoms with Gasteiger partial charge in [-0.3, -0.25) is 19.8 Å². The zero-order valence-electron chi connectivity index (χ0n) is 13.3. The Labute approximate surface area is 139 Å². The lowest BCUT2D eigenvalue weighted by Crippen LogP contribution is -2.49. The summed E-state index contributed by atoms with van der Waals surface area (Å²) in [7, 11) is 0. The zero-order valence-corrected chi connectivity index (χ0v) is 13.3. The van der Waals surface area contributed by atoms with Crippen LogP contribution in [0.4, 0.5) is 10.5 Å². The molecule has 1 aliphatic carbocycles. The van der Waals surface area contributed by atoms with Gasteiger partial charge in [0.2, 0.25) is 5.91 Å². The molecule has 1 N–H and O–H groups in total. The second kappa shape index (κ2) is 5.78. The maximum Gasteiger partial charge on any atom is 0.328 e. The first kappa shape index (κ1) is 14.9. The third-order valence-electron chi connectivity index (χ3n) is 4.99. The lowest BCUT2D eigenvalue weighted by atomic mass is 9.94. The summed E-state index contributed by atoms with van der Waals surface area (Å²) in [5.41, 5.74) is 1.89. The molecule has 0 bridgehead atoms. The number of nitrogens with zero attached hydrogens (tertiary/aromatic N) is 2. The van der Waals surface area contributed by atoms with Crippen LogP contribution in [0.15, 0.2) is 30.5 Å². The van der Waals surface area contributed by atoms with Crippen molar-refractivity contribution in [2.45, 2.75) is 38.1 Å². The molecule has 0 atom stereocenters. The normalized spacial score (nSPS) is 19.8. The van der Waals surface area contributed by atoms with Crippen LogP contribution in [0.25, 0.3) is 10.9 Å². The van der Waals surface area contributed by atoms with Gasteiger partial charge in [-0.05, 0) is 31.0 Å². The van der Waals surface area contributed by atoms with Crippen LogP contribution in [0.5, 0.6) is 0 Å². The minimum absolute atomic E-state index is 0.229. The molecule has 0 radical (unpaired) electrons. The molecule has 2 heterocycles. The SMILES string of the molecule is O=C1CCC(n2ccc3c(N4CCC(=O)NC4=O)cccc32)CC1. The van der Waals surface area contributed by atoms with Gasteiger partial charge in [-0.1, -0.05) is 6.07 Å². The highest BCUT2D eigenvalue weighted by Gasteiger charge is 2.27. The molecule has 1 saturated carbocycles. The number of carbonyl (C=O) groups excluding carboxylic acids is 3. The third-order valence-corrected chi connectivity index (χ3v) is 4.99. The smallest absolute Gasteiger partial charge is 0.328 e. The fraction of sp³-hybridized carbons (Fsp3) is 0.389. The van der Waals surface area contributed by atoms with Crippen LogP contribution in [-0.4, -0.2) is 28.8 Å². The zero-order chi connectivity index (χ0) is 16.7. The van der Waals surface area contributed by atoms with Gasteiger partial charge in [0, 0.05) is 43.4 Å². The number of aromatic nitrogens is 1. The van der Waals surface area contributed by atoms with Gasteiger partial charge in [0.15, 0.2) is 0 Å². The number of imide groups is 1. The highest BCUT2D eigenvalue weighted by atomic mass is 16.2. The summed E-state index contributed by atoms with van der Waals surface area (Å²) in [6, 6.07) is 7.87. The molecule has 2 aliphatic rings.